The molecule has 8 heteroatoms. The maximum absolute atomic E-state index is 5.60. The summed E-state index contributed by atoms with van der Waals surface area (Å²) in [5, 5.41) is 11.2. The van der Waals surface area contributed by atoms with Gasteiger partial charge in [-0.1, -0.05) is 19.3 Å². The molecule has 1 saturated heterocycles. The van der Waals surface area contributed by atoms with Gasteiger partial charge in [-0.25, -0.2) is 0 Å². The molecular formula is C21H39IN6O. The molecule has 0 atom stereocenters. The zero-order valence-electron chi connectivity index (χ0n) is 18.2. The Morgan fingerprint density at radius 3 is 2.62 bits per heavy atom. The highest BCUT2D eigenvalue weighted by Gasteiger charge is 2.38. The summed E-state index contributed by atoms with van der Waals surface area (Å²) < 4.78 is 7.46. The number of morpholine rings is 1. The lowest BCUT2D eigenvalue weighted by atomic mass is 9.80. The van der Waals surface area contributed by atoms with Gasteiger partial charge in [0.1, 0.15) is 0 Å². The van der Waals surface area contributed by atoms with E-state index in [1.165, 1.54) is 37.7 Å². The number of nitrogens with one attached hydrogen (secondary N) is 2. The number of hydrogen-bond donors (Lipinski definition) is 2. The van der Waals surface area contributed by atoms with E-state index in [4.69, 9.17) is 9.73 Å². The average molecular weight is 518 g/mol. The third-order valence-electron chi connectivity index (χ3n) is 6.03. The molecule has 0 amide bonds. The molecule has 0 radical (unpaired) electrons. The number of aryl methyl sites for hydroxylation is 2. The second kappa shape index (κ2) is 12.7. The van der Waals surface area contributed by atoms with E-state index in [1.54, 1.807) is 0 Å². The van der Waals surface area contributed by atoms with Gasteiger partial charge in [0.15, 0.2) is 5.96 Å². The Labute approximate surface area is 193 Å². The molecule has 3 rings (SSSR count). The third kappa shape index (κ3) is 7.40. The van der Waals surface area contributed by atoms with E-state index in [1.807, 2.05) is 17.9 Å². The van der Waals surface area contributed by atoms with Gasteiger partial charge >= 0.3 is 0 Å². The van der Waals surface area contributed by atoms with Crippen LogP contribution in [0.3, 0.4) is 0 Å². The van der Waals surface area contributed by atoms with E-state index in [2.05, 4.69) is 33.8 Å². The molecule has 1 aliphatic heterocycles. The van der Waals surface area contributed by atoms with Gasteiger partial charge < -0.3 is 15.4 Å². The van der Waals surface area contributed by atoms with Crippen molar-refractivity contribution >= 4 is 29.9 Å². The molecule has 1 aromatic heterocycles. The zero-order chi connectivity index (χ0) is 19.7. The van der Waals surface area contributed by atoms with Crippen LogP contribution < -0.4 is 10.6 Å². The smallest absolute Gasteiger partial charge is 0.191 e. The van der Waals surface area contributed by atoms with Crippen molar-refractivity contribution in [2.45, 2.75) is 57.4 Å². The fourth-order valence-electron chi connectivity index (χ4n) is 4.49. The van der Waals surface area contributed by atoms with E-state index in [9.17, 15) is 0 Å². The molecule has 1 saturated carbocycles. The Hall–Kier alpha value is -0.870. The summed E-state index contributed by atoms with van der Waals surface area (Å²) in [6.45, 7) is 8.63. The number of aromatic nitrogens is 2. The van der Waals surface area contributed by atoms with Crippen molar-refractivity contribution < 1.29 is 4.74 Å². The van der Waals surface area contributed by atoms with Crippen LogP contribution in [-0.4, -0.2) is 72.1 Å². The summed E-state index contributed by atoms with van der Waals surface area (Å²) in [6.07, 6.45) is 12.7. The lowest BCUT2D eigenvalue weighted by Gasteiger charge is -2.47. The topological polar surface area (TPSA) is 66.7 Å². The third-order valence-corrected chi connectivity index (χ3v) is 6.03. The minimum Gasteiger partial charge on any atom is -0.379 e. The van der Waals surface area contributed by atoms with Gasteiger partial charge in [0.25, 0.3) is 0 Å². The predicted octanol–water partition coefficient (Wildman–Crippen LogP) is 2.56. The van der Waals surface area contributed by atoms with Crippen molar-refractivity contribution in [3.63, 3.8) is 0 Å². The monoisotopic (exact) mass is 518 g/mol. The predicted molar refractivity (Wildman–Crippen MR) is 129 cm³/mol. The highest BCUT2D eigenvalue weighted by molar-refractivity contribution is 14.0. The Balaban J connectivity index is 0.00000300. The van der Waals surface area contributed by atoms with Crippen molar-refractivity contribution in [3.8, 4) is 0 Å². The summed E-state index contributed by atoms with van der Waals surface area (Å²) in [5.41, 5.74) is 1.51. The van der Waals surface area contributed by atoms with E-state index in [-0.39, 0.29) is 29.5 Å². The van der Waals surface area contributed by atoms with Gasteiger partial charge in [-0.3, -0.25) is 14.6 Å². The van der Waals surface area contributed by atoms with Crippen LogP contribution in [0.5, 0.6) is 0 Å². The number of nitrogens with zero attached hydrogens (tertiary/aromatic N) is 4. The van der Waals surface area contributed by atoms with E-state index < -0.39 is 0 Å². The maximum Gasteiger partial charge on any atom is 0.191 e. The first-order valence-electron chi connectivity index (χ1n) is 11.0. The SMILES string of the molecule is CCNC(=NCC1(N2CCOCC2)CCCCC1)NCCCc1cnn(C)c1.I. The van der Waals surface area contributed by atoms with Crippen LogP contribution in [0.25, 0.3) is 0 Å². The van der Waals surface area contributed by atoms with Gasteiger partial charge in [0, 0.05) is 45.0 Å². The van der Waals surface area contributed by atoms with Crippen LogP contribution >= 0.6 is 24.0 Å². The lowest BCUT2D eigenvalue weighted by molar-refractivity contribution is -0.0333. The second-order valence-corrected chi connectivity index (χ2v) is 8.13. The molecule has 29 heavy (non-hydrogen) atoms. The van der Waals surface area contributed by atoms with Crippen molar-refractivity contribution in [3.05, 3.63) is 18.0 Å². The van der Waals surface area contributed by atoms with Gasteiger partial charge in [-0.2, -0.15) is 5.10 Å². The highest BCUT2D eigenvalue weighted by Crippen LogP contribution is 2.34. The molecule has 0 bridgehead atoms. The van der Waals surface area contributed by atoms with E-state index >= 15 is 0 Å². The first-order chi connectivity index (χ1) is 13.7. The Morgan fingerprint density at radius 2 is 1.97 bits per heavy atom. The van der Waals surface area contributed by atoms with E-state index in [0.29, 0.717) is 0 Å². The number of rotatable bonds is 8. The van der Waals surface area contributed by atoms with Crippen molar-refractivity contribution in [2.75, 3.05) is 45.9 Å². The van der Waals surface area contributed by atoms with Gasteiger partial charge in [0.05, 0.1) is 26.0 Å². The van der Waals surface area contributed by atoms with Crippen LogP contribution in [0.4, 0.5) is 0 Å². The first-order valence-corrected chi connectivity index (χ1v) is 11.0. The summed E-state index contributed by atoms with van der Waals surface area (Å²) in [5.74, 6) is 0.951. The van der Waals surface area contributed by atoms with Gasteiger partial charge in [0.2, 0.25) is 0 Å². The number of aliphatic imine (C=N–C) groups is 1. The van der Waals surface area contributed by atoms with Gasteiger partial charge in [-0.05, 0) is 38.2 Å². The molecule has 2 fully saturated rings. The molecule has 2 aliphatic rings. The minimum atomic E-state index is 0. The second-order valence-electron chi connectivity index (χ2n) is 8.13. The molecule has 7 nitrogen and oxygen atoms in total. The first kappa shape index (κ1) is 24.4. The summed E-state index contributed by atoms with van der Waals surface area (Å²) >= 11 is 0. The Morgan fingerprint density at radius 1 is 1.21 bits per heavy atom. The Bertz CT molecular complexity index is 608. The molecule has 1 aromatic rings. The van der Waals surface area contributed by atoms with Crippen LogP contribution in [0.2, 0.25) is 0 Å². The van der Waals surface area contributed by atoms with Crippen LogP contribution in [0.15, 0.2) is 17.4 Å². The largest absolute Gasteiger partial charge is 0.379 e. The molecular weight excluding hydrogens is 479 g/mol. The lowest BCUT2D eigenvalue weighted by Crippen LogP contribution is -2.56. The summed E-state index contributed by atoms with van der Waals surface area (Å²) in [4.78, 5) is 7.69. The molecule has 2 N–H and O–H groups in total. The average Bonchev–Trinajstić information content (AvgIpc) is 3.15. The molecule has 0 aromatic carbocycles. The highest BCUT2D eigenvalue weighted by atomic mass is 127. The van der Waals surface area contributed by atoms with Crippen molar-refractivity contribution in [2.24, 2.45) is 12.0 Å². The fourth-order valence-corrected chi connectivity index (χ4v) is 4.49. The quantitative estimate of drug-likeness (QED) is 0.240. The Kier molecular flexibility index (Phi) is 10.7. The van der Waals surface area contributed by atoms with Crippen LogP contribution in [0.1, 0.15) is 51.0 Å². The number of hydrogen-bond acceptors (Lipinski definition) is 4. The molecule has 166 valence electrons. The molecule has 0 unspecified atom stereocenters. The molecule has 0 spiro atoms. The van der Waals surface area contributed by atoms with Crippen molar-refractivity contribution in [1.82, 2.24) is 25.3 Å². The van der Waals surface area contributed by atoms with Gasteiger partial charge in [-0.15, -0.1) is 24.0 Å². The summed E-state index contributed by atoms with van der Waals surface area (Å²) in [6, 6.07) is 0. The van der Waals surface area contributed by atoms with Crippen LogP contribution in [0, 0.1) is 0 Å². The van der Waals surface area contributed by atoms with Crippen molar-refractivity contribution in [1.29, 1.82) is 0 Å². The normalized spacial score (nSPS) is 20.1. The standard InChI is InChI=1S/C21H38N6O.HI/c1-3-22-20(23-11-7-8-19-16-25-26(2)17-19)24-18-21(9-5-4-6-10-21)27-12-14-28-15-13-27;/h16-17H,3-15,18H2,1-2H3,(H2,22,23,24);1H. The maximum atomic E-state index is 5.60. The fraction of sp³-hybridized carbons (Fsp3) is 0.810. The number of guanidine groups is 1. The zero-order valence-corrected chi connectivity index (χ0v) is 20.5. The molecule has 1 aliphatic carbocycles. The number of halogens is 1. The van der Waals surface area contributed by atoms with Crippen LogP contribution in [-0.2, 0) is 18.2 Å². The van der Waals surface area contributed by atoms with E-state index in [0.717, 1.165) is 64.7 Å². The minimum absolute atomic E-state index is 0. The number of ether oxygens (including phenoxy) is 1. The summed E-state index contributed by atoms with van der Waals surface area (Å²) in [7, 11) is 1.97. The molecule has 2 heterocycles.